The van der Waals surface area contributed by atoms with E-state index in [4.69, 9.17) is 5.84 Å². The number of nitrogens with two attached hydrogens (primary N) is 1. The average molecular weight is 217 g/mol. The normalized spacial score (nSPS) is 12.7. The molecular weight excluding hydrogens is 202 g/mol. The van der Waals surface area contributed by atoms with Crippen molar-refractivity contribution in [3.05, 3.63) is 47.5 Å². The molecule has 0 aliphatic heterocycles. The van der Waals surface area contributed by atoms with E-state index >= 15 is 0 Å². The van der Waals surface area contributed by atoms with Gasteiger partial charge in [0.15, 0.2) is 0 Å². The van der Waals surface area contributed by atoms with Crippen molar-refractivity contribution in [3.8, 4) is 0 Å². The van der Waals surface area contributed by atoms with Gasteiger partial charge in [0.2, 0.25) is 0 Å². The first-order chi connectivity index (χ1) is 7.70. The zero-order chi connectivity index (χ0) is 11.5. The van der Waals surface area contributed by atoms with Crippen LogP contribution in [-0.2, 0) is 7.05 Å². The fourth-order valence-electron chi connectivity index (χ4n) is 1.63. The van der Waals surface area contributed by atoms with Gasteiger partial charge in [0, 0.05) is 19.4 Å². The molecule has 0 spiro atoms. The number of aryl methyl sites for hydroxylation is 2. The summed E-state index contributed by atoms with van der Waals surface area (Å²) >= 11 is 0. The fourth-order valence-corrected chi connectivity index (χ4v) is 1.63. The maximum absolute atomic E-state index is 5.56. The summed E-state index contributed by atoms with van der Waals surface area (Å²) in [6.07, 6.45) is 3.66. The molecule has 0 aromatic carbocycles. The van der Waals surface area contributed by atoms with Crippen LogP contribution in [0.5, 0.6) is 0 Å². The number of aromatic nitrogens is 3. The molecule has 1 atom stereocenters. The molecule has 2 aromatic rings. The Hall–Kier alpha value is -1.72. The van der Waals surface area contributed by atoms with Crippen molar-refractivity contribution in [2.24, 2.45) is 12.9 Å². The number of nitrogens with one attached hydrogen (secondary N) is 1. The van der Waals surface area contributed by atoms with Crippen molar-refractivity contribution in [2.75, 3.05) is 0 Å². The molecule has 0 saturated heterocycles. The molecule has 5 heteroatoms. The molecule has 2 rings (SSSR count). The molecule has 3 N–H and O–H groups in total. The third-order valence-electron chi connectivity index (χ3n) is 2.43. The molecule has 16 heavy (non-hydrogen) atoms. The molecule has 0 bridgehead atoms. The van der Waals surface area contributed by atoms with Gasteiger partial charge in [-0.25, -0.2) is 5.43 Å². The molecule has 0 radical (unpaired) electrons. The highest BCUT2D eigenvalue weighted by Crippen LogP contribution is 2.17. The van der Waals surface area contributed by atoms with Crippen LogP contribution in [0.2, 0.25) is 0 Å². The molecule has 2 heterocycles. The first-order valence-electron chi connectivity index (χ1n) is 5.09. The van der Waals surface area contributed by atoms with Crippen molar-refractivity contribution in [2.45, 2.75) is 13.0 Å². The van der Waals surface area contributed by atoms with E-state index in [0.29, 0.717) is 0 Å². The molecule has 0 fully saturated rings. The number of hydrazine groups is 1. The summed E-state index contributed by atoms with van der Waals surface area (Å²) in [4.78, 5) is 4.30. The van der Waals surface area contributed by atoms with Crippen molar-refractivity contribution >= 4 is 0 Å². The Labute approximate surface area is 94.3 Å². The first kappa shape index (κ1) is 10.8. The highest BCUT2D eigenvalue weighted by Gasteiger charge is 2.16. The van der Waals surface area contributed by atoms with Gasteiger partial charge in [0.05, 0.1) is 11.4 Å². The minimum absolute atomic E-state index is 0.166. The maximum Gasteiger partial charge on any atom is 0.107 e. The lowest BCUT2D eigenvalue weighted by Gasteiger charge is -2.13. The monoisotopic (exact) mass is 217 g/mol. The highest BCUT2D eigenvalue weighted by atomic mass is 15.3. The third-order valence-corrected chi connectivity index (χ3v) is 2.43. The molecule has 0 saturated carbocycles. The number of nitrogens with zero attached hydrogens (tertiary/aromatic N) is 3. The zero-order valence-corrected chi connectivity index (χ0v) is 9.38. The van der Waals surface area contributed by atoms with Crippen molar-refractivity contribution < 1.29 is 0 Å². The Bertz CT molecular complexity index is 477. The van der Waals surface area contributed by atoms with E-state index in [2.05, 4.69) is 15.5 Å². The topological polar surface area (TPSA) is 68.8 Å². The van der Waals surface area contributed by atoms with E-state index in [1.807, 2.05) is 38.4 Å². The fraction of sp³-hybridized carbons (Fsp3) is 0.273. The minimum atomic E-state index is -0.166. The summed E-state index contributed by atoms with van der Waals surface area (Å²) in [5, 5.41) is 4.32. The quantitative estimate of drug-likeness (QED) is 0.586. The van der Waals surface area contributed by atoms with Crippen LogP contribution in [0.25, 0.3) is 0 Å². The summed E-state index contributed by atoms with van der Waals surface area (Å²) in [7, 11) is 1.88. The molecule has 2 aromatic heterocycles. The average Bonchev–Trinajstić information content (AvgIpc) is 2.66. The van der Waals surface area contributed by atoms with Crippen molar-refractivity contribution in [1.82, 2.24) is 20.2 Å². The van der Waals surface area contributed by atoms with Gasteiger partial charge in [0.25, 0.3) is 0 Å². The van der Waals surface area contributed by atoms with Crippen LogP contribution in [0.1, 0.15) is 23.0 Å². The summed E-state index contributed by atoms with van der Waals surface area (Å²) in [6.45, 7) is 2.02. The number of rotatable bonds is 3. The number of hydrogen-bond donors (Lipinski definition) is 2. The van der Waals surface area contributed by atoms with Crippen LogP contribution in [-0.4, -0.2) is 14.8 Å². The van der Waals surface area contributed by atoms with Gasteiger partial charge in [-0.05, 0) is 30.7 Å². The Morgan fingerprint density at radius 3 is 2.75 bits per heavy atom. The van der Waals surface area contributed by atoms with Crippen LogP contribution in [0, 0.1) is 6.92 Å². The van der Waals surface area contributed by atoms with E-state index in [1.54, 1.807) is 10.9 Å². The third kappa shape index (κ3) is 2.10. The summed E-state index contributed by atoms with van der Waals surface area (Å²) < 4.78 is 1.75. The second-order valence-corrected chi connectivity index (χ2v) is 3.77. The van der Waals surface area contributed by atoms with Crippen molar-refractivity contribution in [1.29, 1.82) is 0 Å². The van der Waals surface area contributed by atoms with Gasteiger partial charge in [0.1, 0.15) is 6.04 Å². The van der Waals surface area contributed by atoms with Crippen LogP contribution in [0.15, 0.2) is 30.6 Å². The van der Waals surface area contributed by atoms with Gasteiger partial charge in [-0.2, -0.15) is 5.10 Å². The van der Waals surface area contributed by atoms with Crippen LogP contribution < -0.4 is 11.3 Å². The SMILES string of the molecule is Cc1ccnc(C(NN)c2ccn(C)n2)c1. The Morgan fingerprint density at radius 1 is 1.38 bits per heavy atom. The van der Waals surface area contributed by atoms with E-state index in [1.165, 1.54) is 0 Å². The lowest BCUT2D eigenvalue weighted by atomic mass is 10.1. The Kier molecular flexibility index (Phi) is 2.98. The van der Waals surface area contributed by atoms with E-state index in [0.717, 1.165) is 17.0 Å². The van der Waals surface area contributed by atoms with E-state index in [9.17, 15) is 0 Å². The highest BCUT2D eigenvalue weighted by molar-refractivity contribution is 5.24. The molecule has 84 valence electrons. The van der Waals surface area contributed by atoms with Gasteiger partial charge >= 0.3 is 0 Å². The second kappa shape index (κ2) is 4.42. The first-order valence-corrected chi connectivity index (χ1v) is 5.09. The van der Waals surface area contributed by atoms with Crippen molar-refractivity contribution in [3.63, 3.8) is 0 Å². The standard InChI is InChI=1S/C11H15N5/c1-8-3-5-13-10(7-8)11(14-12)9-4-6-16(2)15-9/h3-7,11,14H,12H2,1-2H3. The number of hydrogen-bond acceptors (Lipinski definition) is 4. The van der Waals surface area contributed by atoms with Gasteiger partial charge < -0.3 is 0 Å². The predicted molar refractivity (Wildman–Crippen MR) is 61.3 cm³/mol. The van der Waals surface area contributed by atoms with E-state index < -0.39 is 0 Å². The molecule has 1 unspecified atom stereocenters. The smallest absolute Gasteiger partial charge is 0.107 e. The van der Waals surface area contributed by atoms with Crippen LogP contribution in [0.4, 0.5) is 0 Å². The molecule has 5 nitrogen and oxygen atoms in total. The number of pyridine rings is 1. The molecule has 0 amide bonds. The predicted octanol–water partition coefficient (Wildman–Crippen LogP) is 0.676. The van der Waals surface area contributed by atoms with Gasteiger partial charge in [-0.15, -0.1) is 0 Å². The van der Waals surface area contributed by atoms with Crippen LogP contribution >= 0.6 is 0 Å². The van der Waals surface area contributed by atoms with E-state index in [-0.39, 0.29) is 6.04 Å². The Balaban J connectivity index is 2.36. The lowest BCUT2D eigenvalue weighted by Crippen LogP contribution is -2.30. The largest absolute Gasteiger partial charge is 0.275 e. The molecular formula is C11H15N5. The Morgan fingerprint density at radius 2 is 2.19 bits per heavy atom. The van der Waals surface area contributed by atoms with Gasteiger partial charge in [-0.3, -0.25) is 15.5 Å². The van der Waals surface area contributed by atoms with Crippen LogP contribution in [0.3, 0.4) is 0 Å². The summed E-state index contributed by atoms with van der Waals surface area (Å²) in [5.41, 5.74) is 5.63. The second-order valence-electron chi connectivity index (χ2n) is 3.77. The molecule has 0 aliphatic carbocycles. The minimum Gasteiger partial charge on any atom is -0.275 e. The summed E-state index contributed by atoms with van der Waals surface area (Å²) in [6, 6.07) is 5.71. The van der Waals surface area contributed by atoms with Gasteiger partial charge in [-0.1, -0.05) is 0 Å². The lowest BCUT2D eigenvalue weighted by molar-refractivity contribution is 0.590. The molecule has 0 aliphatic rings. The summed E-state index contributed by atoms with van der Waals surface area (Å²) in [5.74, 6) is 5.56. The maximum atomic E-state index is 5.56. The zero-order valence-electron chi connectivity index (χ0n) is 9.38.